The summed E-state index contributed by atoms with van der Waals surface area (Å²) in [5.41, 5.74) is 0. The third-order valence-electron chi connectivity index (χ3n) is 2.72. The van der Waals surface area contributed by atoms with Crippen LogP contribution in [0.25, 0.3) is 0 Å². The van der Waals surface area contributed by atoms with Crippen LogP contribution in [0.3, 0.4) is 0 Å². The minimum Gasteiger partial charge on any atom is -0.481 e. The van der Waals surface area contributed by atoms with E-state index in [0.717, 1.165) is 25.9 Å². The van der Waals surface area contributed by atoms with Crippen LogP contribution in [0.4, 0.5) is 0 Å². The van der Waals surface area contributed by atoms with Gasteiger partial charge in [-0.1, -0.05) is 0 Å². The number of nitrogens with one attached hydrogen (secondary N) is 1. The maximum Gasteiger partial charge on any atom is 0.303 e. The molecule has 1 rings (SSSR count). The summed E-state index contributed by atoms with van der Waals surface area (Å²) < 4.78 is 0. The highest BCUT2D eigenvalue weighted by Crippen LogP contribution is 2.24. The zero-order chi connectivity index (χ0) is 9.68. The fourth-order valence-electron chi connectivity index (χ4n) is 1.92. The number of carboxylic acids is 1. The molecule has 4 heteroatoms. The molecule has 3 N–H and O–H groups in total. The molecule has 1 aliphatic rings. The van der Waals surface area contributed by atoms with Crippen LogP contribution in [-0.4, -0.2) is 35.9 Å². The van der Waals surface area contributed by atoms with Crippen molar-refractivity contribution in [1.29, 1.82) is 0 Å². The van der Waals surface area contributed by atoms with Gasteiger partial charge in [0, 0.05) is 6.61 Å². The molecule has 0 saturated carbocycles. The zero-order valence-corrected chi connectivity index (χ0v) is 7.70. The number of carboxylic acid groups (broad SMARTS) is 1. The van der Waals surface area contributed by atoms with Gasteiger partial charge in [0.05, 0.1) is 6.42 Å². The summed E-state index contributed by atoms with van der Waals surface area (Å²) in [6.07, 6.45) is 2.07. The van der Waals surface area contributed by atoms with Crippen LogP contribution < -0.4 is 5.32 Å². The fourth-order valence-corrected chi connectivity index (χ4v) is 1.92. The molecule has 1 unspecified atom stereocenters. The molecule has 0 bridgehead atoms. The van der Waals surface area contributed by atoms with Crippen molar-refractivity contribution in [2.24, 2.45) is 11.8 Å². The molecule has 1 fully saturated rings. The second-order valence-electron chi connectivity index (χ2n) is 3.63. The summed E-state index contributed by atoms with van der Waals surface area (Å²) in [5, 5.41) is 20.9. The van der Waals surface area contributed by atoms with Gasteiger partial charge in [-0.05, 0) is 37.8 Å². The molecule has 1 heterocycles. The summed E-state index contributed by atoms with van der Waals surface area (Å²) >= 11 is 0. The Morgan fingerprint density at radius 3 is 2.54 bits per heavy atom. The summed E-state index contributed by atoms with van der Waals surface area (Å²) in [6, 6.07) is 0. The molecule has 4 nitrogen and oxygen atoms in total. The highest BCUT2D eigenvalue weighted by Gasteiger charge is 2.24. The second-order valence-corrected chi connectivity index (χ2v) is 3.63. The molecule has 1 atom stereocenters. The van der Waals surface area contributed by atoms with Crippen molar-refractivity contribution in [1.82, 2.24) is 5.32 Å². The molecule has 0 amide bonds. The Labute approximate surface area is 78.0 Å². The molecule has 0 aliphatic carbocycles. The van der Waals surface area contributed by atoms with Crippen LogP contribution in [-0.2, 0) is 4.79 Å². The van der Waals surface area contributed by atoms with E-state index in [1.807, 2.05) is 0 Å². The average molecular weight is 187 g/mol. The number of rotatable bonds is 4. The van der Waals surface area contributed by atoms with Crippen molar-refractivity contribution in [2.75, 3.05) is 19.7 Å². The Balaban J connectivity index is 2.39. The highest BCUT2D eigenvalue weighted by atomic mass is 16.4. The van der Waals surface area contributed by atoms with Crippen molar-refractivity contribution in [3.8, 4) is 0 Å². The second kappa shape index (κ2) is 5.19. The van der Waals surface area contributed by atoms with E-state index in [-0.39, 0.29) is 18.9 Å². The van der Waals surface area contributed by atoms with Gasteiger partial charge in [0.1, 0.15) is 0 Å². The minimum atomic E-state index is -0.808. The van der Waals surface area contributed by atoms with Crippen molar-refractivity contribution >= 4 is 5.97 Å². The Bertz CT molecular complexity index is 166. The Kier molecular flexibility index (Phi) is 4.18. The van der Waals surface area contributed by atoms with Gasteiger partial charge in [-0.15, -0.1) is 0 Å². The Morgan fingerprint density at radius 2 is 2.08 bits per heavy atom. The van der Waals surface area contributed by atoms with E-state index < -0.39 is 5.97 Å². The molecule has 0 aromatic heterocycles. The molecular weight excluding hydrogens is 170 g/mol. The lowest BCUT2D eigenvalue weighted by atomic mass is 9.83. The van der Waals surface area contributed by atoms with Crippen molar-refractivity contribution < 1.29 is 15.0 Å². The van der Waals surface area contributed by atoms with Gasteiger partial charge in [-0.2, -0.15) is 0 Å². The standard InChI is InChI=1S/C9H17NO3/c11-6-8(5-9(12)13)7-1-3-10-4-2-7/h7-8,10-11H,1-6H2,(H,12,13). The fraction of sp³-hybridized carbons (Fsp3) is 0.889. The largest absolute Gasteiger partial charge is 0.481 e. The van der Waals surface area contributed by atoms with Gasteiger partial charge in [-0.3, -0.25) is 4.79 Å². The lowest BCUT2D eigenvalue weighted by Gasteiger charge is -2.28. The minimum absolute atomic E-state index is 0.00301. The summed E-state index contributed by atoms with van der Waals surface area (Å²) in [6.45, 7) is 1.89. The first-order valence-electron chi connectivity index (χ1n) is 4.77. The third-order valence-corrected chi connectivity index (χ3v) is 2.72. The van der Waals surface area contributed by atoms with Crippen LogP contribution in [0.15, 0.2) is 0 Å². The summed E-state index contributed by atoms with van der Waals surface area (Å²) in [7, 11) is 0. The number of piperidine rings is 1. The zero-order valence-electron chi connectivity index (χ0n) is 7.70. The van der Waals surface area contributed by atoms with Crippen LogP contribution in [0, 0.1) is 11.8 Å². The van der Waals surface area contributed by atoms with Crippen LogP contribution >= 0.6 is 0 Å². The van der Waals surface area contributed by atoms with E-state index in [0.29, 0.717) is 5.92 Å². The van der Waals surface area contributed by atoms with Crippen molar-refractivity contribution in [3.05, 3.63) is 0 Å². The first-order valence-corrected chi connectivity index (χ1v) is 4.77. The van der Waals surface area contributed by atoms with Crippen molar-refractivity contribution in [3.63, 3.8) is 0 Å². The number of hydrogen-bond acceptors (Lipinski definition) is 3. The van der Waals surface area contributed by atoms with Gasteiger partial charge in [0.25, 0.3) is 0 Å². The molecule has 1 saturated heterocycles. The number of aliphatic hydroxyl groups is 1. The van der Waals surface area contributed by atoms with E-state index in [2.05, 4.69) is 5.32 Å². The quantitative estimate of drug-likeness (QED) is 0.582. The maximum atomic E-state index is 10.5. The van der Waals surface area contributed by atoms with E-state index in [1.165, 1.54) is 0 Å². The van der Waals surface area contributed by atoms with Gasteiger partial charge in [-0.25, -0.2) is 0 Å². The van der Waals surface area contributed by atoms with Crippen LogP contribution in [0.5, 0.6) is 0 Å². The predicted octanol–water partition coefficient (Wildman–Crippen LogP) is 0.0692. The maximum absolute atomic E-state index is 10.5. The molecule has 1 aliphatic heterocycles. The summed E-state index contributed by atoms with van der Waals surface area (Å²) in [4.78, 5) is 10.5. The van der Waals surface area contributed by atoms with Gasteiger partial charge >= 0.3 is 5.97 Å². The first-order chi connectivity index (χ1) is 6.24. The SMILES string of the molecule is O=C(O)CC(CO)C1CCNCC1. The molecule has 13 heavy (non-hydrogen) atoms. The van der Waals surface area contributed by atoms with Gasteiger partial charge in [0.2, 0.25) is 0 Å². The number of aliphatic hydroxyl groups excluding tert-OH is 1. The van der Waals surface area contributed by atoms with E-state index >= 15 is 0 Å². The van der Waals surface area contributed by atoms with Crippen LogP contribution in [0.2, 0.25) is 0 Å². The normalized spacial score (nSPS) is 21.3. The third kappa shape index (κ3) is 3.32. The highest BCUT2D eigenvalue weighted by molar-refractivity contribution is 5.67. The van der Waals surface area contributed by atoms with E-state index in [9.17, 15) is 4.79 Å². The summed E-state index contributed by atoms with van der Waals surface area (Å²) in [5.74, 6) is -0.487. The number of aliphatic carboxylic acids is 1. The molecular formula is C9H17NO3. The average Bonchev–Trinajstić information content (AvgIpc) is 2.15. The molecule has 0 radical (unpaired) electrons. The molecule has 76 valence electrons. The topological polar surface area (TPSA) is 69.6 Å². The lowest BCUT2D eigenvalue weighted by molar-refractivity contribution is -0.139. The molecule has 0 aromatic rings. The number of carbonyl (C=O) groups is 1. The monoisotopic (exact) mass is 187 g/mol. The molecule has 0 spiro atoms. The molecule has 0 aromatic carbocycles. The smallest absolute Gasteiger partial charge is 0.303 e. The number of hydrogen-bond donors (Lipinski definition) is 3. The Hall–Kier alpha value is -0.610. The first kappa shape index (κ1) is 10.5. The van der Waals surface area contributed by atoms with E-state index in [1.54, 1.807) is 0 Å². The van der Waals surface area contributed by atoms with E-state index in [4.69, 9.17) is 10.2 Å². The van der Waals surface area contributed by atoms with Gasteiger partial charge < -0.3 is 15.5 Å². The van der Waals surface area contributed by atoms with Crippen LogP contribution in [0.1, 0.15) is 19.3 Å². The lowest BCUT2D eigenvalue weighted by Crippen LogP contribution is -2.33. The van der Waals surface area contributed by atoms with Crippen molar-refractivity contribution in [2.45, 2.75) is 19.3 Å². The van der Waals surface area contributed by atoms with Gasteiger partial charge in [0.15, 0.2) is 0 Å². The Morgan fingerprint density at radius 1 is 1.46 bits per heavy atom. The predicted molar refractivity (Wildman–Crippen MR) is 48.4 cm³/mol.